The second-order valence-electron chi connectivity index (χ2n) is 10.5. The first kappa shape index (κ1) is 28.7. The van der Waals surface area contributed by atoms with E-state index in [0.29, 0.717) is 57.7 Å². The van der Waals surface area contributed by atoms with E-state index >= 15 is 0 Å². The van der Waals surface area contributed by atoms with Gasteiger partial charge in [0.05, 0.1) is 5.92 Å². The Hall–Kier alpha value is -3.79. The highest BCUT2D eigenvalue weighted by Crippen LogP contribution is 2.48. The lowest BCUT2D eigenvalue weighted by Gasteiger charge is -2.35. The molecule has 0 spiro atoms. The number of hydrogen-bond acceptors (Lipinski definition) is 3. The molecule has 41 heavy (non-hydrogen) atoms. The lowest BCUT2D eigenvalue weighted by atomic mass is 9.89. The van der Waals surface area contributed by atoms with E-state index in [1.807, 2.05) is 6.92 Å². The smallest absolute Gasteiger partial charge is 0.348 e. The van der Waals surface area contributed by atoms with Gasteiger partial charge in [-0.15, -0.1) is 0 Å². The molecule has 0 bridgehead atoms. The van der Waals surface area contributed by atoms with Crippen LogP contribution in [0.3, 0.4) is 0 Å². The van der Waals surface area contributed by atoms with Crippen LogP contribution in [0.1, 0.15) is 59.2 Å². The van der Waals surface area contributed by atoms with Gasteiger partial charge in [-0.05, 0) is 83.5 Å². The molecule has 2 atom stereocenters. The molecule has 1 fully saturated rings. The molecule has 0 saturated carbocycles. The van der Waals surface area contributed by atoms with E-state index in [-0.39, 0.29) is 19.0 Å². The average molecular weight is 572 g/mol. The Morgan fingerprint density at radius 3 is 2.44 bits per heavy atom. The third kappa shape index (κ3) is 6.12. The number of fused-ring (bicyclic) bond motifs is 3. The zero-order chi connectivity index (χ0) is 29.3. The monoisotopic (exact) mass is 571 g/mol. The van der Waals surface area contributed by atoms with Crippen LogP contribution in [0.5, 0.6) is 0 Å². The Morgan fingerprint density at radius 2 is 1.73 bits per heavy atom. The van der Waals surface area contributed by atoms with Crippen LogP contribution in [0.4, 0.5) is 22.0 Å². The highest BCUT2D eigenvalue weighted by atomic mass is 19.4. The van der Waals surface area contributed by atoms with E-state index in [1.54, 1.807) is 30.3 Å². The number of carbonyl (C=O) groups is 2. The number of rotatable bonds is 8. The maximum Gasteiger partial charge on any atom is 0.407 e. The minimum Gasteiger partial charge on any atom is -0.348 e. The molecule has 0 radical (unpaired) electrons. The van der Waals surface area contributed by atoms with Crippen LogP contribution in [-0.2, 0) is 11.2 Å². The number of hydrogen-bond donors (Lipinski definition) is 1. The fourth-order valence-corrected chi connectivity index (χ4v) is 5.81. The molecule has 216 valence electrons. The summed E-state index contributed by atoms with van der Waals surface area (Å²) in [5.41, 5.74) is 2.34. The second kappa shape index (κ2) is 11.6. The Morgan fingerprint density at radius 1 is 1.00 bits per heavy atom. The molecule has 1 aliphatic heterocycles. The highest BCUT2D eigenvalue weighted by Gasteiger charge is 2.45. The molecule has 3 aromatic carbocycles. The number of nitrogens with one attached hydrogen (secondary N) is 1. The number of amides is 2. The molecule has 2 unspecified atom stereocenters. The first-order valence-corrected chi connectivity index (χ1v) is 13.7. The average Bonchev–Trinajstić information content (AvgIpc) is 3.52. The minimum absolute atomic E-state index is 0.00234. The van der Waals surface area contributed by atoms with Crippen LogP contribution in [0.25, 0.3) is 11.1 Å². The first-order valence-electron chi connectivity index (χ1n) is 13.7. The van der Waals surface area contributed by atoms with Crippen LogP contribution >= 0.6 is 0 Å². The van der Waals surface area contributed by atoms with Crippen LogP contribution in [0, 0.1) is 11.6 Å². The lowest BCUT2D eigenvalue weighted by molar-refractivity contribution is -0.189. The quantitative estimate of drug-likeness (QED) is 0.326. The summed E-state index contributed by atoms with van der Waals surface area (Å²) in [5.74, 6) is -3.48. The summed E-state index contributed by atoms with van der Waals surface area (Å²) in [6, 6.07) is 14.3. The van der Waals surface area contributed by atoms with Gasteiger partial charge in [-0.2, -0.15) is 13.2 Å². The topological polar surface area (TPSA) is 52.7 Å². The lowest BCUT2D eigenvalue weighted by Crippen LogP contribution is -2.52. The Labute approximate surface area is 234 Å². The zero-order valence-corrected chi connectivity index (χ0v) is 22.5. The normalized spacial score (nSPS) is 18.2. The van der Waals surface area contributed by atoms with Gasteiger partial charge in [-0.3, -0.25) is 14.6 Å². The number of halogens is 5. The van der Waals surface area contributed by atoms with Crippen molar-refractivity contribution in [2.75, 3.05) is 19.6 Å². The summed E-state index contributed by atoms with van der Waals surface area (Å²) in [7, 11) is 0. The number of nitrogens with zero attached hydrogens (tertiary/aromatic N) is 2. The summed E-state index contributed by atoms with van der Waals surface area (Å²) in [4.78, 5) is 26.8. The van der Waals surface area contributed by atoms with Crippen LogP contribution < -0.4 is 5.32 Å². The molecule has 3 aromatic rings. The molecule has 1 aliphatic carbocycles. The molecular formula is C31H30F5N3O2. The molecule has 1 heterocycles. The molecule has 5 rings (SSSR count). The molecular weight excluding hydrogens is 541 g/mol. The van der Waals surface area contributed by atoms with Crippen molar-refractivity contribution >= 4 is 11.8 Å². The minimum atomic E-state index is -4.71. The fourth-order valence-electron chi connectivity index (χ4n) is 5.81. The predicted octanol–water partition coefficient (Wildman–Crippen LogP) is 6.23. The molecule has 5 nitrogen and oxygen atoms in total. The number of unbranched alkanes of at least 4 members (excludes halogenated alkanes) is 1. The van der Waals surface area contributed by atoms with Crippen LogP contribution in [0.15, 0.2) is 60.7 Å². The summed E-state index contributed by atoms with van der Waals surface area (Å²) in [5, 5.41) is 4.87. The maximum atomic E-state index is 14.7. The molecule has 0 aromatic heterocycles. The number of carbonyl (C=O) groups excluding carboxylic acids is 2. The Bertz CT molecular complexity index is 1440. The molecule has 10 heteroatoms. The summed E-state index contributed by atoms with van der Waals surface area (Å²) < 4.78 is 70.7. The van der Waals surface area contributed by atoms with Crippen molar-refractivity contribution < 1.29 is 31.5 Å². The third-order valence-corrected chi connectivity index (χ3v) is 7.65. The van der Waals surface area contributed by atoms with Crippen molar-refractivity contribution in [2.45, 2.75) is 50.7 Å². The van der Waals surface area contributed by atoms with E-state index in [2.05, 4.69) is 5.32 Å². The van der Waals surface area contributed by atoms with E-state index in [4.69, 9.17) is 0 Å². The predicted molar refractivity (Wildman–Crippen MR) is 144 cm³/mol. The van der Waals surface area contributed by atoms with Crippen molar-refractivity contribution in [3.05, 3.63) is 94.6 Å². The first-order chi connectivity index (χ1) is 19.6. The van der Waals surface area contributed by atoms with Crippen molar-refractivity contribution in [3.63, 3.8) is 0 Å². The Kier molecular flexibility index (Phi) is 8.13. The van der Waals surface area contributed by atoms with Crippen molar-refractivity contribution in [1.29, 1.82) is 0 Å². The van der Waals surface area contributed by atoms with Gasteiger partial charge in [0.1, 0.15) is 18.2 Å². The SMILES string of the molecule is CCCCc1cc(F)cc2c1C(C(=O)N(CC(F)(F)F)N1CCC(NC(=O)c3ccccc3)C1)c1ccc(F)cc1-2. The standard InChI is InChI=1S/C31H30F5N3O2/c1-2-3-7-20-14-22(33)16-26-25-15-21(32)10-11-24(25)28(27(20)26)30(41)39(18-31(34,35)36)38-13-12-23(17-38)37-29(40)19-8-5-4-6-9-19/h4-6,8-11,14-16,23,28H,2-3,7,12-13,17-18H2,1H3,(H,37,40). The van der Waals surface area contributed by atoms with Gasteiger partial charge >= 0.3 is 6.18 Å². The Balaban J connectivity index is 1.49. The molecule has 1 saturated heterocycles. The summed E-state index contributed by atoms with van der Waals surface area (Å²) in [6.45, 7) is 0.544. The second-order valence-corrected chi connectivity index (χ2v) is 10.5. The summed E-state index contributed by atoms with van der Waals surface area (Å²) >= 11 is 0. The van der Waals surface area contributed by atoms with Crippen molar-refractivity contribution in [2.24, 2.45) is 0 Å². The van der Waals surface area contributed by atoms with Crippen molar-refractivity contribution in [3.8, 4) is 11.1 Å². The van der Waals surface area contributed by atoms with Gasteiger partial charge in [-0.1, -0.05) is 37.6 Å². The number of alkyl halides is 3. The molecule has 2 aliphatic rings. The highest BCUT2D eigenvalue weighted by molar-refractivity contribution is 5.97. The number of benzene rings is 3. The van der Waals surface area contributed by atoms with Crippen LogP contribution in [0.2, 0.25) is 0 Å². The van der Waals surface area contributed by atoms with Gasteiger partial charge in [0.15, 0.2) is 0 Å². The van der Waals surface area contributed by atoms with E-state index in [0.717, 1.165) is 12.5 Å². The van der Waals surface area contributed by atoms with Gasteiger partial charge in [-0.25, -0.2) is 13.8 Å². The van der Waals surface area contributed by atoms with Gasteiger partial charge < -0.3 is 5.32 Å². The van der Waals surface area contributed by atoms with E-state index < -0.39 is 42.2 Å². The number of aryl methyl sites for hydroxylation is 1. The van der Waals surface area contributed by atoms with Crippen molar-refractivity contribution in [1.82, 2.24) is 15.3 Å². The summed E-state index contributed by atoms with van der Waals surface area (Å²) in [6.07, 6.45) is -2.47. The van der Waals surface area contributed by atoms with Crippen LogP contribution in [-0.4, -0.2) is 53.7 Å². The maximum absolute atomic E-state index is 14.7. The third-order valence-electron chi connectivity index (χ3n) is 7.65. The zero-order valence-electron chi connectivity index (χ0n) is 22.5. The van der Waals surface area contributed by atoms with Gasteiger partial charge in [0.25, 0.3) is 5.91 Å². The number of hydrazine groups is 1. The molecule has 1 N–H and O–H groups in total. The van der Waals surface area contributed by atoms with Gasteiger partial charge in [0.2, 0.25) is 5.91 Å². The van der Waals surface area contributed by atoms with Gasteiger partial charge in [0, 0.05) is 24.7 Å². The van der Waals surface area contributed by atoms with E-state index in [9.17, 15) is 31.5 Å². The fraction of sp³-hybridized carbons (Fsp3) is 0.355. The largest absolute Gasteiger partial charge is 0.407 e. The molecule has 2 amide bonds. The van der Waals surface area contributed by atoms with E-state index in [1.165, 1.54) is 29.3 Å².